The van der Waals surface area contributed by atoms with Crippen molar-refractivity contribution < 1.29 is 0 Å². The van der Waals surface area contributed by atoms with E-state index in [-0.39, 0.29) is 0 Å². The summed E-state index contributed by atoms with van der Waals surface area (Å²) in [6.45, 7) is 0. The molecule has 0 radical (unpaired) electrons. The van der Waals surface area contributed by atoms with Gasteiger partial charge >= 0.3 is 0 Å². The summed E-state index contributed by atoms with van der Waals surface area (Å²) in [4.78, 5) is 10.5. The molecule has 0 atom stereocenters. The second-order valence-corrected chi connectivity index (χ2v) is 11.7. The summed E-state index contributed by atoms with van der Waals surface area (Å²) in [7, 11) is 0. The highest BCUT2D eigenvalue weighted by molar-refractivity contribution is 7.26. The molecular weight excluding hydrogens is 531 g/mol. The van der Waals surface area contributed by atoms with E-state index in [1.165, 1.54) is 42.1 Å². The Morgan fingerprint density at radius 2 is 1.19 bits per heavy atom. The van der Waals surface area contributed by atoms with Crippen molar-refractivity contribution in [2.45, 2.75) is 0 Å². The molecule has 3 heterocycles. The minimum Gasteiger partial charge on any atom is -0.278 e. The van der Waals surface area contributed by atoms with Gasteiger partial charge in [-0.1, -0.05) is 109 Å². The van der Waals surface area contributed by atoms with E-state index < -0.39 is 0 Å². The van der Waals surface area contributed by atoms with Crippen molar-refractivity contribution in [3.63, 3.8) is 0 Å². The molecule has 0 bridgehead atoms. The average Bonchev–Trinajstić information content (AvgIpc) is 3.60. The second kappa shape index (κ2) is 9.10. The van der Waals surface area contributed by atoms with Crippen LogP contribution in [0.1, 0.15) is 0 Å². The summed E-state index contributed by atoms with van der Waals surface area (Å²) in [6, 6.07) is 49.3. The number of thiophene rings is 1. The monoisotopic (exact) mass is 553 g/mol. The number of rotatable bonds is 3. The zero-order valence-electron chi connectivity index (χ0n) is 22.5. The molecule has 3 nitrogen and oxygen atoms in total. The summed E-state index contributed by atoms with van der Waals surface area (Å²) in [5, 5.41) is 6.12. The van der Waals surface area contributed by atoms with Gasteiger partial charge in [-0.05, 0) is 41.5 Å². The van der Waals surface area contributed by atoms with E-state index in [0.29, 0.717) is 5.95 Å². The summed E-state index contributed by atoms with van der Waals surface area (Å²) in [5.41, 5.74) is 7.52. The van der Waals surface area contributed by atoms with E-state index in [1.54, 1.807) is 0 Å². The third-order valence-corrected chi connectivity index (χ3v) is 9.42. The standard InChI is InChI=1S/C38H23N3S/c1-2-11-24(12-3-1)25-13-10-14-26(23-25)36-29-16-4-7-18-31(29)39-38(40-36)41-32-19-8-5-17-30(32)35-33(41)22-21-28-27-15-6-9-20-34(27)42-37(28)35/h1-23H. The predicted octanol–water partition coefficient (Wildman–Crippen LogP) is 10.4. The fourth-order valence-electron chi connectivity index (χ4n) is 6.31. The number of aromatic nitrogens is 3. The molecule has 6 aromatic carbocycles. The molecule has 42 heavy (non-hydrogen) atoms. The Labute approximate surface area is 246 Å². The van der Waals surface area contributed by atoms with Gasteiger partial charge in [-0.3, -0.25) is 4.57 Å². The van der Waals surface area contributed by atoms with Gasteiger partial charge in [0.25, 0.3) is 0 Å². The maximum Gasteiger partial charge on any atom is 0.235 e. The Morgan fingerprint density at radius 3 is 2.10 bits per heavy atom. The fourth-order valence-corrected chi connectivity index (χ4v) is 7.57. The molecule has 9 rings (SSSR count). The molecule has 0 aliphatic heterocycles. The molecule has 0 aliphatic rings. The number of fused-ring (bicyclic) bond motifs is 8. The zero-order chi connectivity index (χ0) is 27.6. The molecule has 0 saturated carbocycles. The highest BCUT2D eigenvalue weighted by Crippen LogP contribution is 2.43. The zero-order valence-corrected chi connectivity index (χ0v) is 23.3. The molecule has 0 spiro atoms. The van der Waals surface area contributed by atoms with E-state index in [2.05, 4.69) is 144 Å². The van der Waals surface area contributed by atoms with Gasteiger partial charge in [-0.2, -0.15) is 0 Å². The first-order chi connectivity index (χ1) is 20.8. The fraction of sp³-hybridized carbons (Fsp3) is 0. The van der Waals surface area contributed by atoms with Gasteiger partial charge in [0, 0.05) is 41.9 Å². The van der Waals surface area contributed by atoms with Crippen molar-refractivity contribution in [1.29, 1.82) is 0 Å². The smallest absolute Gasteiger partial charge is 0.235 e. The van der Waals surface area contributed by atoms with Crippen LogP contribution in [-0.2, 0) is 0 Å². The van der Waals surface area contributed by atoms with Crippen LogP contribution < -0.4 is 0 Å². The molecule has 0 aliphatic carbocycles. The Balaban J connectivity index is 1.35. The topological polar surface area (TPSA) is 30.7 Å². The van der Waals surface area contributed by atoms with E-state index in [0.717, 1.165) is 33.2 Å². The van der Waals surface area contributed by atoms with E-state index in [9.17, 15) is 0 Å². The molecular formula is C38H23N3S. The van der Waals surface area contributed by atoms with Crippen LogP contribution in [0.25, 0.3) is 81.2 Å². The Morgan fingerprint density at radius 1 is 0.476 bits per heavy atom. The molecule has 4 heteroatoms. The third kappa shape index (κ3) is 3.46. The quantitative estimate of drug-likeness (QED) is 0.218. The highest BCUT2D eigenvalue weighted by atomic mass is 32.1. The van der Waals surface area contributed by atoms with Crippen molar-refractivity contribution in [3.05, 3.63) is 140 Å². The predicted molar refractivity (Wildman–Crippen MR) is 178 cm³/mol. The minimum atomic E-state index is 0.681. The lowest BCUT2D eigenvalue weighted by atomic mass is 10.00. The lowest BCUT2D eigenvalue weighted by Gasteiger charge is -2.12. The first-order valence-electron chi connectivity index (χ1n) is 14.1. The van der Waals surface area contributed by atoms with Gasteiger partial charge in [0.05, 0.1) is 22.2 Å². The van der Waals surface area contributed by atoms with Crippen molar-refractivity contribution in [1.82, 2.24) is 14.5 Å². The van der Waals surface area contributed by atoms with Gasteiger partial charge < -0.3 is 0 Å². The first-order valence-corrected chi connectivity index (χ1v) is 14.9. The molecule has 0 fully saturated rings. The summed E-state index contributed by atoms with van der Waals surface area (Å²) < 4.78 is 4.85. The van der Waals surface area contributed by atoms with Crippen LogP contribution >= 0.6 is 11.3 Å². The Hall–Kier alpha value is -5.32. The number of para-hydroxylation sites is 2. The van der Waals surface area contributed by atoms with Crippen LogP contribution in [0.15, 0.2) is 140 Å². The van der Waals surface area contributed by atoms with Crippen molar-refractivity contribution in [3.8, 4) is 28.3 Å². The first kappa shape index (κ1) is 23.4. The third-order valence-electron chi connectivity index (χ3n) is 8.21. The largest absolute Gasteiger partial charge is 0.278 e. The number of nitrogens with zero attached hydrogens (tertiary/aromatic N) is 3. The SMILES string of the molecule is c1ccc(-c2cccc(-c3nc(-n4c5ccccc5c5c6sc7ccccc7c6ccc54)nc4ccccc34)c2)cc1. The summed E-state index contributed by atoms with van der Waals surface area (Å²) in [6.07, 6.45) is 0. The highest BCUT2D eigenvalue weighted by Gasteiger charge is 2.20. The van der Waals surface area contributed by atoms with Crippen LogP contribution in [0, 0.1) is 0 Å². The van der Waals surface area contributed by atoms with Gasteiger partial charge in [0.1, 0.15) is 0 Å². The molecule has 0 amide bonds. The van der Waals surface area contributed by atoms with Gasteiger partial charge in [0.15, 0.2) is 0 Å². The summed E-state index contributed by atoms with van der Waals surface area (Å²) >= 11 is 1.86. The Kier molecular flexibility index (Phi) is 5.07. The van der Waals surface area contributed by atoms with Crippen molar-refractivity contribution in [2.75, 3.05) is 0 Å². The second-order valence-electron chi connectivity index (χ2n) is 10.6. The van der Waals surface area contributed by atoms with E-state index >= 15 is 0 Å². The van der Waals surface area contributed by atoms with E-state index in [4.69, 9.17) is 9.97 Å². The minimum absolute atomic E-state index is 0.681. The molecule has 0 saturated heterocycles. The molecule has 0 N–H and O–H groups in total. The van der Waals surface area contributed by atoms with Crippen LogP contribution in [0.2, 0.25) is 0 Å². The Bertz CT molecular complexity index is 2470. The van der Waals surface area contributed by atoms with Crippen molar-refractivity contribution in [2.24, 2.45) is 0 Å². The number of benzene rings is 6. The van der Waals surface area contributed by atoms with Gasteiger partial charge in [-0.15, -0.1) is 11.3 Å². The number of hydrogen-bond donors (Lipinski definition) is 0. The maximum atomic E-state index is 5.33. The molecule has 9 aromatic rings. The lowest BCUT2D eigenvalue weighted by molar-refractivity contribution is 1.01. The van der Waals surface area contributed by atoms with Crippen LogP contribution in [0.4, 0.5) is 0 Å². The molecule has 196 valence electrons. The van der Waals surface area contributed by atoms with Crippen LogP contribution in [0.5, 0.6) is 0 Å². The summed E-state index contributed by atoms with van der Waals surface area (Å²) in [5.74, 6) is 0.681. The van der Waals surface area contributed by atoms with Crippen LogP contribution in [0.3, 0.4) is 0 Å². The van der Waals surface area contributed by atoms with Crippen LogP contribution in [-0.4, -0.2) is 14.5 Å². The molecule has 3 aromatic heterocycles. The maximum absolute atomic E-state index is 5.33. The average molecular weight is 554 g/mol. The van der Waals surface area contributed by atoms with Crippen molar-refractivity contribution >= 4 is 64.2 Å². The van der Waals surface area contributed by atoms with Gasteiger partial charge in [-0.25, -0.2) is 9.97 Å². The normalized spacial score (nSPS) is 11.8. The lowest BCUT2D eigenvalue weighted by Crippen LogP contribution is -2.03. The molecule has 0 unspecified atom stereocenters. The van der Waals surface area contributed by atoms with Gasteiger partial charge in [0.2, 0.25) is 5.95 Å². The number of hydrogen-bond acceptors (Lipinski definition) is 3. The van der Waals surface area contributed by atoms with E-state index in [1.807, 2.05) is 11.3 Å².